The van der Waals surface area contributed by atoms with E-state index in [1.54, 1.807) is 19.0 Å². The van der Waals surface area contributed by atoms with Gasteiger partial charge in [0.1, 0.15) is 5.60 Å². The van der Waals surface area contributed by atoms with Gasteiger partial charge in [-0.2, -0.15) is 0 Å². The number of amides is 2. The normalized spacial score (nSPS) is 28.7. The number of hydrogen-bond donors (Lipinski definition) is 0. The van der Waals surface area contributed by atoms with Gasteiger partial charge >= 0.3 is 6.03 Å². The third kappa shape index (κ3) is 3.34. The topological polar surface area (TPSA) is 42.0 Å². The molecule has 0 aromatic carbocycles. The van der Waals surface area contributed by atoms with Crippen LogP contribution in [-0.2, 0) is 9.47 Å². The van der Waals surface area contributed by atoms with Crippen molar-refractivity contribution in [1.82, 2.24) is 9.80 Å². The van der Waals surface area contributed by atoms with Crippen LogP contribution in [-0.4, -0.2) is 67.9 Å². The molecular formula is C16H28N2O3. The molecule has 0 radical (unpaired) electrons. The average molecular weight is 296 g/mol. The highest BCUT2D eigenvalue weighted by atomic mass is 16.5. The Morgan fingerprint density at radius 2 is 2.00 bits per heavy atom. The van der Waals surface area contributed by atoms with E-state index >= 15 is 0 Å². The molecule has 0 bridgehead atoms. The summed E-state index contributed by atoms with van der Waals surface area (Å²) in [5.74, 6) is 0.775. The lowest BCUT2D eigenvalue weighted by molar-refractivity contribution is -0.188. The Hall–Kier alpha value is -0.810. The monoisotopic (exact) mass is 296 g/mol. The van der Waals surface area contributed by atoms with Crippen molar-refractivity contribution in [2.75, 3.05) is 40.4 Å². The van der Waals surface area contributed by atoms with Gasteiger partial charge in [0, 0.05) is 33.7 Å². The number of carbonyl (C=O) groups is 1. The molecule has 3 aliphatic rings. The first-order valence-electron chi connectivity index (χ1n) is 8.30. The number of rotatable bonds is 3. The molecule has 2 heterocycles. The SMILES string of the molecule is CN(C)C(=O)N1CC2(CC(OCC3CCCC3)CCO2)C1. The van der Waals surface area contributed by atoms with Crippen LogP contribution < -0.4 is 0 Å². The van der Waals surface area contributed by atoms with Crippen LogP contribution in [0.25, 0.3) is 0 Å². The van der Waals surface area contributed by atoms with Gasteiger partial charge in [0.2, 0.25) is 0 Å². The second-order valence-electron chi connectivity index (χ2n) is 7.16. The molecule has 2 amide bonds. The number of likely N-dealkylation sites (tertiary alicyclic amines) is 1. The Morgan fingerprint density at radius 1 is 1.29 bits per heavy atom. The Bertz CT molecular complexity index is 374. The van der Waals surface area contributed by atoms with Crippen LogP contribution in [0.15, 0.2) is 0 Å². The largest absolute Gasteiger partial charge is 0.378 e. The molecule has 3 rings (SSSR count). The van der Waals surface area contributed by atoms with Gasteiger partial charge in [0.15, 0.2) is 0 Å². The zero-order valence-corrected chi connectivity index (χ0v) is 13.3. The van der Waals surface area contributed by atoms with E-state index in [0.717, 1.165) is 32.0 Å². The van der Waals surface area contributed by atoms with Crippen molar-refractivity contribution < 1.29 is 14.3 Å². The molecule has 2 saturated heterocycles. The van der Waals surface area contributed by atoms with Crippen molar-refractivity contribution in [2.45, 2.75) is 50.2 Å². The summed E-state index contributed by atoms with van der Waals surface area (Å²) in [5, 5.41) is 0. The fraction of sp³-hybridized carbons (Fsp3) is 0.938. The molecule has 0 aromatic heterocycles. The Balaban J connectivity index is 1.44. The van der Waals surface area contributed by atoms with Crippen molar-refractivity contribution in [1.29, 1.82) is 0 Å². The van der Waals surface area contributed by atoms with E-state index in [0.29, 0.717) is 19.2 Å². The lowest BCUT2D eigenvalue weighted by Crippen LogP contribution is -2.68. The van der Waals surface area contributed by atoms with E-state index in [-0.39, 0.29) is 11.6 Å². The van der Waals surface area contributed by atoms with Crippen molar-refractivity contribution in [2.24, 2.45) is 5.92 Å². The van der Waals surface area contributed by atoms with Crippen molar-refractivity contribution in [3.63, 3.8) is 0 Å². The molecule has 1 saturated carbocycles. The molecule has 1 spiro atoms. The molecule has 2 aliphatic heterocycles. The van der Waals surface area contributed by atoms with Crippen LogP contribution in [0, 0.1) is 5.92 Å². The predicted molar refractivity (Wildman–Crippen MR) is 80.3 cm³/mol. The van der Waals surface area contributed by atoms with Crippen LogP contribution in [0.3, 0.4) is 0 Å². The van der Waals surface area contributed by atoms with Gasteiger partial charge in [-0.25, -0.2) is 4.79 Å². The first-order chi connectivity index (χ1) is 10.1. The summed E-state index contributed by atoms with van der Waals surface area (Å²) in [4.78, 5) is 15.4. The maximum atomic E-state index is 11.9. The van der Waals surface area contributed by atoms with Gasteiger partial charge in [0.25, 0.3) is 0 Å². The predicted octanol–water partition coefficient (Wildman–Crippen LogP) is 2.11. The number of carbonyl (C=O) groups excluding carboxylic acids is 1. The van der Waals surface area contributed by atoms with Gasteiger partial charge < -0.3 is 19.3 Å². The second kappa shape index (κ2) is 6.13. The molecule has 1 unspecified atom stereocenters. The first kappa shape index (κ1) is 15.1. The minimum atomic E-state index is -0.135. The highest BCUT2D eigenvalue weighted by molar-refractivity contribution is 5.75. The quantitative estimate of drug-likeness (QED) is 0.801. The lowest BCUT2D eigenvalue weighted by atomic mass is 9.85. The highest BCUT2D eigenvalue weighted by Crippen LogP contribution is 2.36. The zero-order valence-electron chi connectivity index (χ0n) is 13.3. The summed E-state index contributed by atoms with van der Waals surface area (Å²) in [6.45, 7) is 3.11. The smallest absolute Gasteiger partial charge is 0.319 e. The van der Waals surface area contributed by atoms with Crippen LogP contribution in [0.2, 0.25) is 0 Å². The molecule has 5 heteroatoms. The Morgan fingerprint density at radius 3 is 2.67 bits per heavy atom. The molecule has 21 heavy (non-hydrogen) atoms. The van der Waals surface area contributed by atoms with E-state index < -0.39 is 0 Å². The molecule has 1 atom stereocenters. The van der Waals surface area contributed by atoms with E-state index in [1.807, 2.05) is 4.90 Å². The summed E-state index contributed by atoms with van der Waals surface area (Å²) in [7, 11) is 3.59. The average Bonchev–Trinajstić information content (AvgIpc) is 2.95. The second-order valence-corrected chi connectivity index (χ2v) is 7.16. The van der Waals surface area contributed by atoms with Gasteiger partial charge in [-0.05, 0) is 25.2 Å². The molecule has 0 aromatic rings. The summed E-state index contributed by atoms with van der Waals surface area (Å²) < 4.78 is 12.1. The summed E-state index contributed by atoms with van der Waals surface area (Å²) in [5.41, 5.74) is -0.135. The highest BCUT2D eigenvalue weighted by Gasteiger charge is 2.50. The number of hydrogen-bond acceptors (Lipinski definition) is 3. The van der Waals surface area contributed by atoms with Crippen molar-refractivity contribution in [3.8, 4) is 0 Å². The standard InChI is InChI=1S/C16H28N2O3/c1-17(2)15(19)18-11-16(12-18)9-14(7-8-21-16)20-10-13-5-3-4-6-13/h13-14H,3-12H2,1-2H3. The maximum Gasteiger partial charge on any atom is 0.319 e. The fourth-order valence-corrected chi connectivity index (χ4v) is 3.86. The minimum Gasteiger partial charge on any atom is -0.378 e. The number of nitrogens with zero attached hydrogens (tertiary/aromatic N) is 2. The van der Waals surface area contributed by atoms with Gasteiger partial charge in [-0.1, -0.05) is 12.8 Å². The number of urea groups is 1. The maximum absolute atomic E-state index is 11.9. The molecule has 0 N–H and O–H groups in total. The summed E-state index contributed by atoms with van der Waals surface area (Å²) >= 11 is 0. The number of ether oxygens (including phenoxy) is 2. The lowest BCUT2D eigenvalue weighted by Gasteiger charge is -2.53. The van der Waals surface area contributed by atoms with E-state index in [4.69, 9.17) is 9.47 Å². The van der Waals surface area contributed by atoms with Crippen LogP contribution in [0.1, 0.15) is 38.5 Å². The fourth-order valence-electron chi connectivity index (χ4n) is 3.86. The molecule has 1 aliphatic carbocycles. The first-order valence-corrected chi connectivity index (χ1v) is 8.30. The molecular weight excluding hydrogens is 268 g/mol. The molecule has 5 nitrogen and oxygen atoms in total. The Labute approximate surface area is 127 Å². The van der Waals surface area contributed by atoms with E-state index in [9.17, 15) is 4.79 Å². The molecule has 120 valence electrons. The van der Waals surface area contributed by atoms with E-state index in [2.05, 4.69) is 0 Å². The van der Waals surface area contributed by atoms with Crippen LogP contribution in [0.5, 0.6) is 0 Å². The Kier molecular flexibility index (Phi) is 4.41. The van der Waals surface area contributed by atoms with Gasteiger partial charge in [-0.3, -0.25) is 0 Å². The van der Waals surface area contributed by atoms with Crippen LogP contribution in [0.4, 0.5) is 4.79 Å². The summed E-state index contributed by atoms with van der Waals surface area (Å²) in [6.07, 6.45) is 7.66. The summed E-state index contributed by atoms with van der Waals surface area (Å²) in [6, 6.07) is 0.0817. The van der Waals surface area contributed by atoms with E-state index in [1.165, 1.54) is 25.7 Å². The van der Waals surface area contributed by atoms with Gasteiger partial charge in [-0.15, -0.1) is 0 Å². The third-order valence-corrected chi connectivity index (χ3v) is 5.10. The zero-order chi connectivity index (χ0) is 14.9. The molecule has 3 fully saturated rings. The van der Waals surface area contributed by atoms with Gasteiger partial charge in [0.05, 0.1) is 19.2 Å². The minimum absolute atomic E-state index is 0.0817. The van der Waals surface area contributed by atoms with Crippen molar-refractivity contribution in [3.05, 3.63) is 0 Å². The third-order valence-electron chi connectivity index (χ3n) is 5.10. The van der Waals surface area contributed by atoms with Crippen molar-refractivity contribution >= 4 is 6.03 Å². The van der Waals surface area contributed by atoms with Crippen LogP contribution >= 0.6 is 0 Å².